The van der Waals surface area contributed by atoms with Gasteiger partial charge in [-0.25, -0.2) is 0 Å². The zero-order valence-corrected chi connectivity index (χ0v) is 8.93. The Kier molecular flexibility index (Phi) is 3.17. The molecule has 0 bridgehead atoms. The molecule has 1 fully saturated rings. The van der Waals surface area contributed by atoms with Crippen LogP contribution in [0, 0.1) is 4.77 Å². The molecule has 0 aliphatic carbocycles. The standard InChI is InChI=1S/C9H12N2O3S/c12-8-6(5-10-9(15)11-8)14-7-3-1-2-4-13-7/h5,7H,1-4H2,(H2,10,11,12,15). The number of hydrogen-bond acceptors (Lipinski definition) is 4. The Morgan fingerprint density at radius 2 is 2.40 bits per heavy atom. The third-order valence-electron chi connectivity index (χ3n) is 2.18. The Balaban J connectivity index is 2.09. The van der Waals surface area contributed by atoms with Crippen molar-refractivity contribution in [2.24, 2.45) is 0 Å². The average Bonchev–Trinajstić information content (AvgIpc) is 2.24. The molecule has 1 aromatic rings. The van der Waals surface area contributed by atoms with Crippen LogP contribution in [0.15, 0.2) is 11.0 Å². The SMILES string of the molecule is O=c1[nH]c(=S)[nH]cc1OC1CCCCO1. The molecule has 1 aliphatic heterocycles. The minimum Gasteiger partial charge on any atom is -0.458 e. The fourth-order valence-corrected chi connectivity index (χ4v) is 1.58. The summed E-state index contributed by atoms with van der Waals surface area (Å²) in [6.45, 7) is 0.686. The van der Waals surface area contributed by atoms with Crippen molar-refractivity contribution in [2.75, 3.05) is 6.61 Å². The first-order valence-electron chi connectivity index (χ1n) is 4.86. The molecule has 0 saturated carbocycles. The summed E-state index contributed by atoms with van der Waals surface area (Å²) in [5.41, 5.74) is -0.326. The lowest BCUT2D eigenvalue weighted by molar-refractivity contribution is -0.106. The summed E-state index contributed by atoms with van der Waals surface area (Å²) in [4.78, 5) is 16.6. The van der Waals surface area contributed by atoms with Crippen LogP contribution in [0.2, 0.25) is 0 Å². The molecule has 1 aromatic heterocycles. The molecule has 6 heteroatoms. The Bertz CT molecular complexity index is 433. The van der Waals surface area contributed by atoms with Crippen LogP contribution in [-0.4, -0.2) is 22.9 Å². The van der Waals surface area contributed by atoms with Crippen LogP contribution in [0.5, 0.6) is 5.75 Å². The van der Waals surface area contributed by atoms with Gasteiger partial charge in [0.25, 0.3) is 5.56 Å². The number of aromatic amines is 2. The van der Waals surface area contributed by atoms with Gasteiger partial charge in [-0.2, -0.15) is 0 Å². The summed E-state index contributed by atoms with van der Waals surface area (Å²) in [6, 6.07) is 0. The lowest BCUT2D eigenvalue weighted by Gasteiger charge is -2.22. The van der Waals surface area contributed by atoms with Crippen molar-refractivity contribution in [2.45, 2.75) is 25.6 Å². The molecule has 0 radical (unpaired) electrons. The van der Waals surface area contributed by atoms with Crippen molar-refractivity contribution < 1.29 is 9.47 Å². The molecular weight excluding hydrogens is 216 g/mol. The van der Waals surface area contributed by atoms with Gasteiger partial charge in [0.05, 0.1) is 12.8 Å². The monoisotopic (exact) mass is 228 g/mol. The van der Waals surface area contributed by atoms with Crippen molar-refractivity contribution in [1.29, 1.82) is 0 Å². The molecule has 1 atom stereocenters. The minimum absolute atomic E-state index is 0.218. The van der Waals surface area contributed by atoms with Crippen LogP contribution >= 0.6 is 12.2 Å². The number of ether oxygens (including phenoxy) is 2. The van der Waals surface area contributed by atoms with Crippen molar-refractivity contribution in [3.8, 4) is 5.75 Å². The molecule has 0 aromatic carbocycles. The first-order chi connectivity index (χ1) is 7.25. The largest absolute Gasteiger partial charge is 0.458 e. The lowest BCUT2D eigenvalue weighted by atomic mass is 10.2. The maximum atomic E-state index is 11.4. The Hall–Kier alpha value is -1.14. The third kappa shape index (κ3) is 2.66. The van der Waals surface area contributed by atoms with E-state index in [0.717, 1.165) is 19.3 Å². The highest BCUT2D eigenvalue weighted by molar-refractivity contribution is 7.71. The molecule has 82 valence electrons. The lowest BCUT2D eigenvalue weighted by Crippen LogP contribution is -2.27. The van der Waals surface area contributed by atoms with Gasteiger partial charge in [0.2, 0.25) is 5.75 Å². The number of nitrogens with one attached hydrogen (secondary N) is 2. The number of H-pyrrole nitrogens is 2. The predicted octanol–water partition coefficient (Wildman–Crippen LogP) is 1.34. The maximum Gasteiger partial charge on any atom is 0.294 e. The third-order valence-corrected chi connectivity index (χ3v) is 2.40. The summed E-state index contributed by atoms with van der Waals surface area (Å²) in [5.74, 6) is 0.218. The highest BCUT2D eigenvalue weighted by Gasteiger charge is 2.16. The second-order valence-electron chi connectivity index (χ2n) is 3.35. The molecule has 2 rings (SSSR count). The number of hydrogen-bond donors (Lipinski definition) is 2. The van der Waals surface area contributed by atoms with E-state index < -0.39 is 0 Å². The molecule has 15 heavy (non-hydrogen) atoms. The smallest absolute Gasteiger partial charge is 0.294 e. The summed E-state index contributed by atoms with van der Waals surface area (Å²) in [7, 11) is 0. The number of aromatic nitrogens is 2. The van der Waals surface area contributed by atoms with Crippen LogP contribution in [0.3, 0.4) is 0 Å². The molecule has 0 amide bonds. The maximum absolute atomic E-state index is 11.4. The van der Waals surface area contributed by atoms with Crippen LogP contribution in [0.4, 0.5) is 0 Å². The van der Waals surface area contributed by atoms with Gasteiger partial charge in [0, 0.05) is 6.42 Å². The van der Waals surface area contributed by atoms with Crippen molar-refractivity contribution in [3.63, 3.8) is 0 Å². The zero-order valence-electron chi connectivity index (χ0n) is 8.12. The fraction of sp³-hybridized carbons (Fsp3) is 0.556. The zero-order chi connectivity index (χ0) is 10.7. The second kappa shape index (κ2) is 4.59. The minimum atomic E-state index is -0.326. The average molecular weight is 228 g/mol. The van der Waals surface area contributed by atoms with E-state index in [1.165, 1.54) is 6.20 Å². The van der Waals surface area contributed by atoms with Crippen molar-refractivity contribution in [1.82, 2.24) is 9.97 Å². The molecular formula is C9H12N2O3S. The second-order valence-corrected chi connectivity index (χ2v) is 3.76. The molecule has 2 N–H and O–H groups in total. The first-order valence-corrected chi connectivity index (χ1v) is 5.27. The molecule has 5 nitrogen and oxygen atoms in total. The normalized spacial score (nSPS) is 21.2. The van der Waals surface area contributed by atoms with Crippen molar-refractivity contribution >= 4 is 12.2 Å². The molecule has 1 aliphatic rings. The van der Waals surface area contributed by atoms with E-state index in [9.17, 15) is 4.79 Å². The molecule has 1 unspecified atom stereocenters. The van der Waals surface area contributed by atoms with Gasteiger partial charge in [-0.3, -0.25) is 9.78 Å². The number of rotatable bonds is 2. The Morgan fingerprint density at radius 3 is 3.07 bits per heavy atom. The summed E-state index contributed by atoms with van der Waals surface area (Å²) >= 11 is 4.77. The van der Waals surface area contributed by atoms with E-state index >= 15 is 0 Å². The van der Waals surface area contributed by atoms with E-state index in [-0.39, 0.29) is 22.4 Å². The van der Waals surface area contributed by atoms with Gasteiger partial charge in [-0.1, -0.05) is 0 Å². The summed E-state index contributed by atoms with van der Waals surface area (Å²) < 4.78 is 11.0. The van der Waals surface area contributed by atoms with E-state index in [2.05, 4.69) is 9.97 Å². The van der Waals surface area contributed by atoms with Gasteiger partial charge in [0.15, 0.2) is 11.1 Å². The van der Waals surface area contributed by atoms with E-state index in [1.54, 1.807) is 0 Å². The quantitative estimate of drug-likeness (QED) is 0.749. The Labute approximate surface area is 91.4 Å². The van der Waals surface area contributed by atoms with Crippen LogP contribution in [0.1, 0.15) is 19.3 Å². The Morgan fingerprint density at radius 1 is 1.53 bits per heavy atom. The predicted molar refractivity (Wildman–Crippen MR) is 56.5 cm³/mol. The topological polar surface area (TPSA) is 67.1 Å². The van der Waals surface area contributed by atoms with E-state index in [1.807, 2.05) is 0 Å². The highest BCUT2D eigenvalue weighted by atomic mass is 32.1. The van der Waals surface area contributed by atoms with Crippen LogP contribution < -0.4 is 10.3 Å². The molecule has 0 spiro atoms. The van der Waals surface area contributed by atoms with Gasteiger partial charge in [-0.15, -0.1) is 0 Å². The van der Waals surface area contributed by atoms with Gasteiger partial charge in [0.1, 0.15) is 0 Å². The summed E-state index contributed by atoms with van der Waals surface area (Å²) in [5, 5.41) is 0. The molecule has 1 saturated heterocycles. The van der Waals surface area contributed by atoms with Gasteiger partial charge >= 0.3 is 0 Å². The van der Waals surface area contributed by atoms with Crippen LogP contribution in [0.25, 0.3) is 0 Å². The van der Waals surface area contributed by atoms with Gasteiger partial charge < -0.3 is 14.5 Å². The fourth-order valence-electron chi connectivity index (χ4n) is 1.43. The van der Waals surface area contributed by atoms with E-state index in [0.29, 0.717) is 6.61 Å². The van der Waals surface area contributed by atoms with Gasteiger partial charge in [-0.05, 0) is 25.1 Å². The summed E-state index contributed by atoms with van der Waals surface area (Å²) in [6.07, 6.45) is 4.07. The van der Waals surface area contributed by atoms with E-state index in [4.69, 9.17) is 21.7 Å². The highest BCUT2D eigenvalue weighted by Crippen LogP contribution is 2.15. The molecule has 2 heterocycles. The van der Waals surface area contributed by atoms with Crippen molar-refractivity contribution in [3.05, 3.63) is 21.3 Å². The van der Waals surface area contributed by atoms with Crippen LogP contribution in [-0.2, 0) is 4.74 Å². The first kappa shape index (κ1) is 10.4.